The second-order valence-electron chi connectivity index (χ2n) is 7.53. The predicted molar refractivity (Wildman–Crippen MR) is 118 cm³/mol. The molecule has 0 aliphatic carbocycles. The number of carbonyl (C=O) groups excluding carboxylic acids is 2. The number of halogens is 1. The first-order valence-corrected chi connectivity index (χ1v) is 10.1. The van der Waals surface area contributed by atoms with Crippen LogP contribution >= 0.6 is 0 Å². The number of amides is 1. The van der Waals surface area contributed by atoms with Gasteiger partial charge in [0.05, 0.1) is 12.1 Å². The Balaban J connectivity index is 1.99. The van der Waals surface area contributed by atoms with Gasteiger partial charge in [0.25, 0.3) is 11.5 Å². The van der Waals surface area contributed by atoms with E-state index in [-0.39, 0.29) is 36.8 Å². The number of aromatic nitrogens is 2. The molecule has 1 N–H and O–H groups in total. The number of hydrogen-bond acceptors (Lipinski definition) is 7. The molecule has 2 heterocycles. The van der Waals surface area contributed by atoms with Crippen molar-refractivity contribution in [2.24, 2.45) is 7.05 Å². The van der Waals surface area contributed by atoms with E-state index in [4.69, 9.17) is 9.47 Å². The Morgan fingerprint density at radius 1 is 1.24 bits per heavy atom. The van der Waals surface area contributed by atoms with Gasteiger partial charge >= 0.3 is 5.97 Å². The van der Waals surface area contributed by atoms with Gasteiger partial charge in [0.1, 0.15) is 17.1 Å². The Labute approximate surface area is 189 Å². The minimum atomic E-state index is -0.927. The van der Waals surface area contributed by atoms with Crippen LogP contribution in [0.25, 0.3) is 11.0 Å². The zero-order valence-electron chi connectivity index (χ0n) is 18.7. The maximum atomic E-state index is 13.8. The smallest absolute Gasteiger partial charge is 0.347 e. The fraction of sp³-hybridized carbons (Fsp3) is 0.304. The van der Waals surface area contributed by atoms with Crippen LogP contribution in [0.5, 0.6) is 11.5 Å². The number of aromatic hydroxyl groups is 1. The van der Waals surface area contributed by atoms with Crippen molar-refractivity contribution in [1.82, 2.24) is 14.5 Å². The van der Waals surface area contributed by atoms with Crippen molar-refractivity contribution in [3.8, 4) is 11.5 Å². The van der Waals surface area contributed by atoms with Gasteiger partial charge in [-0.1, -0.05) is 6.07 Å². The minimum Gasteiger partial charge on any atom is -0.505 e. The summed E-state index contributed by atoms with van der Waals surface area (Å²) in [7, 11) is 4.63. The molecule has 0 atom stereocenters. The average Bonchev–Trinajstić information content (AvgIpc) is 2.77. The zero-order chi connectivity index (χ0) is 24.3. The van der Waals surface area contributed by atoms with E-state index in [2.05, 4.69) is 4.98 Å². The molecule has 0 spiro atoms. The van der Waals surface area contributed by atoms with E-state index in [1.54, 1.807) is 27.1 Å². The van der Waals surface area contributed by atoms with E-state index in [0.29, 0.717) is 16.6 Å². The van der Waals surface area contributed by atoms with Gasteiger partial charge in [0, 0.05) is 39.8 Å². The van der Waals surface area contributed by atoms with Crippen LogP contribution in [0.4, 0.5) is 4.39 Å². The summed E-state index contributed by atoms with van der Waals surface area (Å²) in [6.45, 7) is 1.39. The Kier molecular flexibility index (Phi) is 6.95. The summed E-state index contributed by atoms with van der Waals surface area (Å²) in [5.74, 6) is -2.06. The van der Waals surface area contributed by atoms with Gasteiger partial charge in [-0.25, -0.2) is 9.18 Å². The summed E-state index contributed by atoms with van der Waals surface area (Å²) in [6, 6.07) is 5.64. The molecule has 10 heteroatoms. The molecular formula is C23H24FN3O6. The maximum Gasteiger partial charge on any atom is 0.347 e. The molecule has 0 aliphatic rings. The Bertz CT molecular complexity index is 1290. The Hall–Kier alpha value is -3.95. The fourth-order valence-corrected chi connectivity index (χ4v) is 3.21. The monoisotopic (exact) mass is 457 g/mol. The lowest BCUT2D eigenvalue weighted by Gasteiger charge is -2.15. The van der Waals surface area contributed by atoms with Gasteiger partial charge in [-0.2, -0.15) is 0 Å². The molecule has 0 saturated carbocycles. The van der Waals surface area contributed by atoms with Gasteiger partial charge < -0.3 is 24.0 Å². The van der Waals surface area contributed by atoms with Crippen LogP contribution in [0.1, 0.15) is 28.4 Å². The van der Waals surface area contributed by atoms with E-state index >= 15 is 0 Å². The number of nitrogens with zero attached hydrogens (tertiary/aromatic N) is 3. The fourth-order valence-electron chi connectivity index (χ4n) is 3.21. The highest BCUT2D eigenvalue weighted by Gasteiger charge is 2.23. The van der Waals surface area contributed by atoms with E-state index in [1.165, 1.54) is 40.9 Å². The molecule has 0 radical (unpaired) electrons. The molecule has 0 saturated heterocycles. The number of esters is 1. The van der Waals surface area contributed by atoms with Crippen molar-refractivity contribution in [1.29, 1.82) is 0 Å². The number of fused-ring (bicyclic) bond motifs is 1. The van der Waals surface area contributed by atoms with E-state index in [0.717, 1.165) is 0 Å². The third-order valence-electron chi connectivity index (χ3n) is 5.02. The summed E-state index contributed by atoms with van der Waals surface area (Å²) in [6.07, 6.45) is 1.73. The number of rotatable bonds is 7. The van der Waals surface area contributed by atoms with Crippen molar-refractivity contribution in [3.63, 3.8) is 0 Å². The molecule has 2 aromatic heterocycles. The third kappa shape index (κ3) is 4.94. The third-order valence-corrected chi connectivity index (χ3v) is 5.02. The first-order chi connectivity index (χ1) is 15.6. The Morgan fingerprint density at radius 3 is 2.64 bits per heavy atom. The quantitative estimate of drug-likeness (QED) is 0.541. The van der Waals surface area contributed by atoms with Gasteiger partial charge in [-0.05, 0) is 30.2 Å². The molecule has 0 aliphatic heterocycles. The molecule has 174 valence electrons. The highest BCUT2D eigenvalue weighted by Crippen LogP contribution is 2.28. The van der Waals surface area contributed by atoms with E-state index in [9.17, 15) is 23.9 Å². The van der Waals surface area contributed by atoms with Crippen LogP contribution in [0.2, 0.25) is 0 Å². The largest absolute Gasteiger partial charge is 0.505 e. The SMILES string of the molecule is CCOC(=O)c1c(O)c2ncc(Cc3ccc(F)cc3OCC(=O)N(C)C)cc2n(C)c1=O. The van der Waals surface area contributed by atoms with Crippen molar-refractivity contribution < 1.29 is 28.6 Å². The highest BCUT2D eigenvalue weighted by molar-refractivity contribution is 5.98. The normalized spacial score (nSPS) is 10.8. The summed E-state index contributed by atoms with van der Waals surface area (Å²) in [5.41, 5.74) is 0.404. The van der Waals surface area contributed by atoms with Gasteiger partial charge in [0.2, 0.25) is 0 Å². The standard InChI is InChI=1S/C23H24FN3O6/c1-5-32-23(31)19-21(29)20-16(27(4)22(19)30)9-13(11-25-20)8-14-6-7-15(24)10-17(14)33-12-18(28)26(2)3/h6-7,9-11,29H,5,8,12H2,1-4H3. The number of hydrogen-bond donors (Lipinski definition) is 1. The van der Waals surface area contributed by atoms with Crippen LogP contribution in [0, 0.1) is 5.82 Å². The molecule has 1 amide bonds. The molecule has 0 unspecified atom stereocenters. The van der Waals surface area contributed by atoms with Crippen LogP contribution in [0.15, 0.2) is 35.3 Å². The van der Waals surface area contributed by atoms with Crippen molar-refractivity contribution >= 4 is 22.9 Å². The molecule has 3 rings (SSSR count). The first-order valence-electron chi connectivity index (χ1n) is 10.1. The van der Waals surface area contributed by atoms with Gasteiger partial charge in [-0.3, -0.25) is 14.6 Å². The molecule has 1 aromatic carbocycles. The summed E-state index contributed by atoms with van der Waals surface area (Å²) in [4.78, 5) is 42.2. The van der Waals surface area contributed by atoms with Crippen molar-refractivity contribution in [2.75, 3.05) is 27.3 Å². The summed E-state index contributed by atoms with van der Waals surface area (Å²) in [5, 5.41) is 10.5. The summed E-state index contributed by atoms with van der Waals surface area (Å²) < 4.78 is 25.4. The predicted octanol–water partition coefficient (Wildman–Crippen LogP) is 2.01. The lowest BCUT2D eigenvalue weighted by molar-refractivity contribution is -0.130. The molecule has 9 nitrogen and oxygen atoms in total. The van der Waals surface area contributed by atoms with Gasteiger partial charge in [-0.15, -0.1) is 0 Å². The van der Waals surface area contributed by atoms with E-state index in [1.807, 2.05) is 0 Å². The lowest BCUT2D eigenvalue weighted by Crippen LogP contribution is -2.27. The maximum absolute atomic E-state index is 13.8. The highest BCUT2D eigenvalue weighted by atomic mass is 19.1. The van der Waals surface area contributed by atoms with Crippen LogP contribution in [0.3, 0.4) is 0 Å². The number of pyridine rings is 2. The van der Waals surface area contributed by atoms with Crippen molar-refractivity contribution in [3.05, 3.63) is 63.3 Å². The Morgan fingerprint density at radius 2 is 1.97 bits per heavy atom. The summed E-state index contributed by atoms with van der Waals surface area (Å²) >= 11 is 0. The molecule has 0 fully saturated rings. The van der Waals surface area contributed by atoms with Gasteiger partial charge in [0.15, 0.2) is 17.9 Å². The average molecular weight is 457 g/mol. The molecular weight excluding hydrogens is 433 g/mol. The van der Waals surface area contributed by atoms with Crippen molar-refractivity contribution in [2.45, 2.75) is 13.3 Å². The number of carbonyl (C=O) groups is 2. The first kappa shape index (κ1) is 23.7. The number of likely N-dealkylation sites (N-methyl/N-ethyl adjacent to an activating group) is 1. The minimum absolute atomic E-state index is 0.0496. The molecule has 3 aromatic rings. The number of benzene rings is 1. The van der Waals surface area contributed by atoms with Crippen LogP contribution in [-0.4, -0.2) is 58.7 Å². The lowest BCUT2D eigenvalue weighted by atomic mass is 10.0. The number of ether oxygens (including phenoxy) is 2. The second-order valence-corrected chi connectivity index (χ2v) is 7.53. The van der Waals surface area contributed by atoms with E-state index < -0.39 is 28.7 Å². The molecule has 0 bridgehead atoms. The molecule has 33 heavy (non-hydrogen) atoms. The van der Waals surface area contributed by atoms with Crippen LogP contribution in [-0.2, 0) is 23.0 Å². The zero-order valence-corrected chi connectivity index (χ0v) is 18.7. The second kappa shape index (κ2) is 9.68. The topological polar surface area (TPSA) is 111 Å². The number of aryl methyl sites for hydroxylation is 1. The van der Waals surface area contributed by atoms with Crippen LogP contribution < -0.4 is 10.3 Å².